The van der Waals surface area contributed by atoms with Gasteiger partial charge in [-0.3, -0.25) is 0 Å². The Labute approximate surface area is 129 Å². The van der Waals surface area contributed by atoms with Gasteiger partial charge in [0.2, 0.25) is 0 Å². The van der Waals surface area contributed by atoms with Gasteiger partial charge in [-0.2, -0.15) is 0 Å². The van der Waals surface area contributed by atoms with Crippen molar-refractivity contribution in [2.75, 3.05) is 19.3 Å². The van der Waals surface area contributed by atoms with Crippen LogP contribution >= 0.6 is 15.9 Å². The van der Waals surface area contributed by atoms with E-state index in [0.29, 0.717) is 0 Å². The molecule has 20 heavy (non-hydrogen) atoms. The van der Waals surface area contributed by atoms with E-state index in [9.17, 15) is 0 Å². The summed E-state index contributed by atoms with van der Waals surface area (Å²) in [6.45, 7) is 1.94. The van der Waals surface area contributed by atoms with Crippen LogP contribution in [0.1, 0.15) is 17.5 Å². The van der Waals surface area contributed by atoms with Crippen LogP contribution in [0.4, 0.5) is 5.69 Å². The minimum atomic E-state index is 0.856. The van der Waals surface area contributed by atoms with Crippen molar-refractivity contribution in [3.05, 3.63) is 64.1 Å². The fraction of sp³-hybridized carbons (Fsp3) is 0.294. The zero-order chi connectivity index (χ0) is 14.4. The molecule has 2 aromatic rings. The first kappa shape index (κ1) is 15.1. The highest BCUT2D eigenvalue weighted by molar-refractivity contribution is 9.10. The molecule has 2 rings (SSSR count). The van der Waals surface area contributed by atoms with Gasteiger partial charge in [0.25, 0.3) is 0 Å². The lowest BCUT2D eigenvalue weighted by Crippen LogP contribution is -2.20. The summed E-state index contributed by atoms with van der Waals surface area (Å²) in [6, 6.07) is 16.6. The summed E-state index contributed by atoms with van der Waals surface area (Å²) in [5.74, 6) is 0. The Morgan fingerprint density at radius 1 is 1.05 bits per heavy atom. The molecule has 0 saturated carbocycles. The molecule has 0 atom stereocenters. The van der Waals surface area contributed by atoms with Gasteiger partial charge in [-0.05, 0) is 44.1 Å². The van der Waals surface area contributed by atoms with E-state index in [1.54, 1.807) is 0 Å². The number of nitrogens with two attached hydrogens (primary N) is 1. The largest absolute Gasteiger partial charge is 0.398 e. The van der Waals surface area contributed by atoms with Crippen molar-refractivity contribution in [3.8, 4) is 0 Å². The van der Waals surface area contributed by atoms with Gasteiger partial charge in [0.05, 0.1) is 0 Å². The third-order valence-electron chi connectivity index (χ3n) is 3.43. The summed E-state index contributed by atoms with van der Waals surface area (Å²) in [5.41, 5.74) is 9.47. The molecular formula is C17H21BrN2. The molecule has 0 aromatic heterocycles. The molecule has 2 N–H and O–H groups in total. The molecule has 0 aliphatic carbocycles. The summed E-state index contributed by atoms with van der Waals surface area (Å²) in [7, 11) is 2.14. The molecule has 2 nitrogen and oxygen atoms in total. The van der Waals surface area contributed by atoms with Crippen molar-refractivity contribution in [2.24, 2.45) is 0 Å². The Balaban J connectivity index is 1.82. The molecule has 0 bridgehead atoms. The van der Waals surface area contributed by atoms with Crippen LogP contribution in [0.3, 0.4) is 0 Å². The van der Waals surface area contributed by atoms with Crippen LogP contribution in [-0.2, 0) is 13.0 Å². The third kappa shape index (κ3) is 4.36. The second-order valence-corrected chi connectivity index (χ2v) is 5.99. The van der Waals surface area contributed by atoms with Gasteiger partial charge in [0, 0.05) is 22.3 Å². The predicted octanol–water partition coefficient (Wildman–Crippen LogP) is 4.10. The summed E-state index contributed by atoms with van der Waals surface area (Å²) < 4.78 is 1.09. The lowest BCUT2D eigenvalue weighted by Gasteiger charge is -2.18. The summed E-state index contributed by atoms with van der Waals surface area (Å²) in [4.78, 5) is 2.32. The Kier molecular flexibility index (Phi) is 5.62. The van der Waals surface area contributed by atoms with Crippen molar-refractivity contribution in [3.63, 3.8) is 0 Å². The molecule has 106 valence electrons. The van der Waals surface area contributed by atoms with Crippen LogP contribution in [0, 0.1) is 0 Å². The number of halogens is 1. The molecule has 0 spiro atoms. The first-order valence-corrected chi connectivity index (χ1v) is 7.71. The molecule has 3 heteroatoms. The first-order valence-electron chi connectivity index (χ1n) is 6.92. The van der Waals surface area contributed by atoms with Crippen LogP contribution < -0.4 is 5.73 Å². The Hall–Kier alpha value is -1.32. The fourth-order valence-electron chi connectivity index (χ4n) is 2.29. The number of anilines is 1. The monoisotopic (exact) mass is 332 g/mol. The van der Waals surface area contributed by atoms with Crippen molar-refractivity contribution >= 4 is 21.6 Å². The van der Waals surface area contributed by atoms with E-state index in [2.05, 4.69) is 58.2 Å². The van der Waals surface area contributed by atoms with E-state index in [-0.39, 0.29) is 0 Å². The van der Waals surface area contributed by atoms with Crippen molar-refractivity contribution < 1.29 is 0 Å². The second kappa shape index (κ2) is 7.46. The van der Waals surface area contributed by atoms with Gasteiger partial charge in [-0.15, -0.1) is 0 Å². The Morgan fingerprint density at radius 3 is 2.50 bits per heavy atom. The van der Waals surface area contributed by atoms with Crippen LogP contribution in [-0.4, -0.2) is 18.5 Å². The quantitative estimate of drug-likeness (QED) is 0.807. The maximum Gasteiger partial charge on any atom is 0.0371 e. The molecule has 0 fully saturated rings. The van der Waals surface area contributed by atoms with Crippen LogP contribution in [0.15, 0.2) is 53.0 Å². The van der Waals surface area contributed by atoms with E-state index in [1.807, 2.05) is 18.2 Å². The molecule has 0 aliphatic heterocycles. The van der Waals surface area contributed by atoms with Crippen LogP contribution in [0.25, 0.3) is 0 Å². The van der Waals surface area contributed by atoms with Gasteiger partial charge in [-0.25, -0.2) is 0 Å². The molecule has 0 radical (unpaired) electrons. The lowest BCUT2D eigenvalue weighted by atomic mass is 10.1. The number of rotatable bonds is 6. The van der Waals surface area contributed by atoms with Gasteiger partial charge >= 0.3 is 0 Å². The highest BCUT2D eigenvalue weighted by atomic mass is 79.9. The molecule has 0 heterocycles. The maximum absolute atomic E-state index is 6.03. The topological polar surface area (TPSA) is 29.3 Å². The average molecular weight is 333 g/mol. The number of aryl methyl sites for hydroxylation is 1. The first-order chi connectivity index (χ1) is 9.66. The average Bonchev–Trinajstić information content (AvgIpc) is 2.44. The Morgan fingerprint density at radius 2 is 1.80 bits per heavy atom. The maximum atomic E-state index is 6.03. The molecule has 2 aromatic carbocycles. The van der Waals surface area contributed by atoms with E-state index in [4.69, 9.17) is 5.73 Å². The normalized spacial score (nSPS) is 10.9. The van der Waals surface area contributed by atoms with E-state index >= 15 is 0 Å². The second-order valence-electron chi connectivity index (χ2n) is 5.13. The number of benzene rings is 2. The summed E-state index contributed by atoms with van der Waals surface area (Å²) >= 11 is 3.57. The van der Waals surface area contributed by atoms with Crippen molar-refractivity contribution in [1.29, 1.82) is 0 Å². The number of nitrogen functional groups attached to an aromatic ring is 1. The highest BCUT2D eigenvalue weighted by Gasteiger charge is 2.07. The van der Waals surface area contributed by atoms with Gasteiger partial charge in [-0.1, -0.05) is 52.3 Å². The standard InChI is InChI=1S/C17H21BrN2/c1-20(12-6-9-14-7-3-2-4-8-14)13-15-16(18)10-5-11-17(15)19/h2-5,7-8,10-11H,6,9,12-13,19H2,1H3. The zero-order valence-electron chi connectivity index (χ0n) is 11.8. The fourth-order valence-corrected chi connectivity index (χ4v) is 2.80. The van der Waals surface area contributed by atoms with E-state index in [1.165, 1.54) is 11.1 Å². The Bertz CT molecular complexity index is 520. The summed E-state index contributed by atoms with van der Waals surface area (Å²) in [5, 5.41) is 0. The number of nitrogens with zero attached hydrogens (tertiary/aromatic N) is 1. The predicted molar refractivity (Wildman–Crippen MR) is 89.7 cm³/mol. The van der Waals surface area contributed by atoms with Crippen LogP contribution in [0.5, 0.6) is 0 Å². The lowest BCUT2D eigenvalue weighted by molar-refractivity contribution is 0.322. The zero-order valence-corrected chi connectivity index (χ0v) is 13.4. The number of hydrogen-bond donors (Lipinski definition) is 1. The smallest absolute Gasteiger partial charge is 0.0371 e. The SMILES string of the molecule is CN(CCCc1ccccc1)Cc1c(N)cccc1Br. The van der Waals surface area contributed by atoms with Crippen molar-refractivity contribution in [1.82, 2.24) is 4.90 Å². The summed E-state index contributed by atoms with van der Waals surface area (Å²) in [6.07, 6.45) is 2.28. The molecule has 0 aliphatic rings. The number of hydrogen-bond acceptors (Lipinski definition) is 2. The van der Waals surface area contributed by atoms with Gasteiger partial charge in [0.1, 0.15) is 0 Å². The van der Waals surface area contributed by atoms with E-state index in [0.717, 1.165) is 36.1 Å². The highest BCUT2D eigenvalue weighted by Crippen LogP contribution is 2.23. The minimum Gasteiger partial charge on any atom is -0.398 e. The van der Waals surface area contributed by atoms with Crippen molar-refractivity contribution in [2.45, 2.75) is 19.4 Å². The van der Waals surface area contributed by atoms with Gasteiger partial charge < -0.3 is 10.6 Å². The molecule has 0 unspecified atom stereocenters. The minimum absolute atomic E-state index is 0.856. The van der Waals surface area contributed by atoms with E-state index < -0.39 is 0 Å². The molecular weight excluding hydrogens is 312 g/mol. The molecule has 0 amide bonds. The van der Waals surface area contributed by atoms with Crippen LogP contribution in [0.2, 0.25) is 0 Å². The molecule has 0 saturated heterocycles. The third-order valence-corrected chi connectivity index (χ3v) is 4.17. The van der Waals surface area contributed by atoms with Gasteiger partial charge in [0.15, 0.2) is 0 Å².